The van der Waals surface area contributed by atoms with Gasteiger partial charge in [0.1, 0.15) is 59.0 Å². The van der Waals surface area contributed by atoms with E-state index in [9.17, 15) is 0 Å². The van der Waals surface area contributed by atoms with Crippen LogP contribution in [0.5, 0.6) is 0 Å². The predicted molar refractivity (Wildman–Crippen MR) is 264 cm³/mol. The van der Waals surface area contributed by atoms with Crippen molar-refractivity contribution in [2.24, 2.45) is 0 Å². The van der Waals surface area contributed by atoms with Crippen molar-refractivity contribution in [2.45, 2.75) is 0 Å². The Morgan fingerprint density at radius 2 is 0.356 bits per heavy atom. The first-order chi connectivity index (χ1) is 28.7. The van der Waals surface area contributed by atoms with Gasteiger partial charge in [0, 0.05) is 19.5 Å². The second kappa shape index (κ2) is 23.1. The molecule has 5 heteroatoms. The van der Waals surface area contributed by atoms with Crippen LogP contribution in [0.4, 0.5) is 0 Å². The number of rotatable bonds is 9. The first-order valence-corrected chi connectivity index (χ1v) is 25.2. The molecule has 0 nitrogen and oxygen atoms in total. The standard InChI is InChI=1S/C18H15ClP.2C18H15P.Rh/c19-20(16-10-4-1-5-11-16,17-12-6-2-7-13-17)18-14-8-3-9-15-18;2*1-4-10-16(11-5-1)19(17-12-6-2-7-13-17)18-14-8-3-9-15-18;/h1-15H;2*1-15H;/q+1;;;/p+2. The van der Waals surface area contributed by atoms with Crippen LogP contribution in [-0.4, -0.2) is 0 Å². The fourth-order valence-electron chi connectivity index (χ4n) is 6.98. The topological polar surface area (TPSA) is 0 Å². The van der Waals surface area contributed by atoms with Gasteiger partial charge < -0.3 is 0 Å². The quantitative estimate of drug-likeness (QED) is 0.1000. The van der Waals surface area contributed by atoms with Crippen LogP contribution < -0.4 is 47.7 Å². The van der Waals surface area contributed by atoms with Crippen molar-refractivity contribution in [1.82, 2.24) is 0 Å². The zero-order valence-corrected chi connectivity index (χ0v) is 37.9. The Hall–Kier alpha value is -4.82. The number of benzene rings is 9. The Bertz CT molecular complexity index is 2080. The molecule has 0 saturated heterocycles. The van der Waals surface area contributed by atoms with Gasteiger partial charge >= 0.3 is 0 Å². The molecule has 0 aromatic heterocycles. The van der Waals surface area contributed by atoms with Crippen LogP contribution in [0.2, 0.25) is 0 Å². The zero-order valence-electron chi connectivity index (χ0n) is 32.6. The SMILES string of the molecule is Cl[P+](c1ccccc1)(c1ccccc1)c1ccccc1.[Rh].c1ccc([PH+](c2ccccc2)c2ccccc2)cc1.c1ccc([PH+](c2ccccc2)c2ccccc2)cc1. The largest absolute Gasteiger partial charge is 0.210 e. The molecule has 9 rings (SSSR count). The summed E-state index contributed by atoms with van der Waals surface area (Å²) >= 11 is 7.23. The molecule has 0 atom stereocenters. The molecule has 9 aromatic rings. The summed E-state index contributed by atoms with van der Waals surface area (Å²) in [6, 6.07) is 96.2. The van der Waals surface area contributed by atoms with E-state index in [-0.39, 0.29) is 19.5 Å². The molecule has 0 aliphatic carbocycles. The van der Waals surface area contributed by atoms with Gasteiger partial charge in [-0.05, 0) is 109 Å². The minimum Gasteiger partial charge on any atom is -0.0620 e. The Labute approximate surface area is 371 Å². The van der Waals surface area contributed by atoms with Crippen LogP contribution in [0.15, 0.2) is 273 Å². The summed E-state index contributed by atoms with van der Waals surface area (Å²) in [5.41, 5.74) is 0. The average molecular weight is 927 g/mol. The predicted octanol–water partition coefficient (Wildman–Crippen LogP) is 10.5. The van der Waals surface area contributed by atoms with Gasteiger partial charge in [-0.3, -0.25) is 0 Å². The van der Waals surface area contributed by atoms with Crippen molar-refractivity contribution in [1.29, 1.82) is 0 Å². The number of hydrogen-bond donors (Lipinski definition) is 0. The van der Waals surface area contributed by atoms with Crippen LogP contribution >= 0.6 is 33.7 Å². The molecule has 0 aliphatic rings. The molecule has 0 spiro atoms. The van der Waals surface area contributed by atoms with Gasteiger partial charge in [0.05, 0.1) is 15.8 Å². The van der Waals surface area contributed by atoms with Gasteiger partial charge in [-0.15, -0.1) is 0 Å². The summed E-state index contributed by atoms with van der Waals surface area (Å²) in [5.74, 6) is 0. The van der Waals surface area contributed by atoms with Gasteiger partial charge in [0.25, 0.3) is 0 Å². The molecule has 0 unspecified atom stereocenters. The third-order valence-corrected chi connectivity index (χ3v) is 20.0. The summed E-state index contributed by atoms with van der Waals surface area (Å²) in [7, 11) is -1.75. The fraction of sp³-hybridized carbons (Fsp3) is 0. The van der Waals surface area contributed by atoms with Gasteiger partial charge in [-0.1, -0.05) is 164 Å². The molecule has 0 aliphatic heterocycles. The third-order valence-electron chi connectivity index (χ3n) is 9.71. The average Bonchev–Trinajstić information content (AvgIpc) is 3.32. The van der Waals surface area contributed by atoms with Crippen molar-refractivity contribution >= 4 is 81.4 Å². The molecule has 0 amide bonds. The Morgan fingerprint density at radius 3 is 0.508 bits per heavy atom. The summed E-state index contributed by atoms with van der Waals surface area (Å²) in [6.07, 6.45) is 0. The molecule has 0 bridgehead atoms. The second-order valence-corrected chi connectivity index (χ2v) is 22.8. The summed E-state index contributed by atoms with van der Waals surface area (Å²) in [6.45, 7) is -2.05. The maximum atomic E-state index is 7.23. The number of hydrogen-bond acceptors (Lipinski definition) is 0. The van der Waals surface area contributed by atoms with E-state index in [0.717, 1.165) is 0 Å². The molecule has 291 valence electrons. The Balaban J connectivity index is 0.000000148. The maximum Gasteiger partial charge on any atom is 0.210 e. The van der Waals surface area contributed by atoms with E-state index in [1.54, 1.807) is 0 Å². The van der Waals surface area contributed by atoms with Gasteiger partial charge in [0.15, 0.2) is 0 Å². The van der Waals surface area contributed by atoms with Crippen molar-refractivity contribution < 1.29 is 19.5 Å². The van der Waals surface area contributed by atoms with Crippen LogP contribution in [0.3, 0.4) is 0 Å². The maximum absolute atomic E-state index is 7.23. The molecule has 0 N–H and O–H groups in total. The Kier molecular flexibility index (Phi) is 17.1. The minimum absolute atomic E-state index is 0. The first-order valence-electron chi connectivity index (χ1n) is 19.5. The van der Waals surface area contributed by atoms with Gasteiger partial charge in [-0.25, -0.2) is 0 Å². The monoisotopic (exact) mass is 926 g/mol. The van der Waals surface area contributed by atoms with Crippen molar-refractivity contribution in [3.05, 3.63) is 273 Å². The fourth-order valence-corrected chi connectivity index (χ4v) is 15.8. The van der Waals surface area contributed by atoms with Crippen molar-refractivity contribution in [3.63, 3.8) is 0 Å². The van der Waals surface area contributed by atoms with Gasteiger partial charge in [0.2, 0.25) is 6.62 Å². The number of halogens is 1. The van der Waals surface area contributed by atoms with E-state index in [4.69, 9.17) is 11.2 Å². The molecule has 1 radical (unpaired) electrons. The van der Waals surface area contributed by atoms with E-state index in [1.807, 2.05) is 18.2 Å². The third kappa shape index (κ3) is 11.7. The Morgan fingerprint density at radius 1 is 0.220 bits per heavy atom. The molecule has 9 aromatic carbocycles. The minimum atomic E-state index is -2.05. The smallest absolute Gasteiger partial charge is 0.0620 e. The summed E-state index contributed by atoms with van der Waals surface area (Å²) in [4.78, 5) is 0. The zero-order chi connectivity index (χ0) is 39.7. The molecule has 59 heavy (non-hydrogen) atoms. The molecular formula is C54H47ClP3Rh+3. The molecule has 0 saturated carbocycles. The molecule has 0 heterocycles. The summed E-state index contributed by atoms with van der Waals surface area (Å²) in [5, 5.41) is 12.2. The van der Waals surface area contributed by atoms with Crippen molar-refractivity contribution in [3.8, 4) is 0 Å². The summed E-state index contributed by atoms with van der Waals surface area (Å²) < 4.78 is 0. The van der Waals surface area contributed by atoms with E-state index in [0.29, 0.717) is 0 Å². The van der Waals surface area contributed by atoms with E-state index < -0.39 is 22.5 Å². The van der Waals surface area contributed by atoms with E-state index >= 15 is 0 Å². The van der Waals surface area contributed by atoms with Crippen molar-refractivity contribution in [2.75, 3.05) is 0 Å². The van der Waals surface area contributed by atoms with Crippen LogP contribution in [0, 0.1) is 0 Å². The molecular weight excluding hydrogens is 880 g/mol. The second-order valence-electron chi connectivity index (χ2n) is 13.5. The van der Waals surface area contributed by atoms with Gasteiger partial charge in [-0.2, -0.15) is 0 Å². The van der Waals surface area contributed by atoms with E-state index in [1.165, 1.54) is 47.7 Å². The van der Waals surface area contributed by atoms with Crippen LogP contribution in [-0.2, 0) is 19.5 Å². The van der Waals surface area contributed by atoms with Crippen LogP contribution in [0.1, 0.15) is 0 Å². The molecule has 0 fully saturated rings. The normalized spacial score (nSPS) is 10.6. The van der Waals surface area contributed by atoms with E-state index in [2.05, 4.69) is 255 Å². The first kappa shape index (κ1) is 43.8. The van der Waals surface area contributed by atoms with Crippen LogP contribution in [0.25, 0.3) is 0 Å².